The Morgan fingerprint density at radius 1 is 1.07 bits per heavy atom. The third-order valence-electron chi connectivity index (χ3n) is 3.85. The molecule has 0 radical (unpaired) electrons. The fraction of sp³-hybridized carbons (Fsp3) is 0.150. The first kappa shape index (κ1) is 20.4. The van der Waals surface area contributed by atoms with E-state index in [1.54, 1.807) is 6.08 Å². The molecule has 0 aliphatic rings. The lowest BCUT2D eigenvalue weighted by Crippen LogP contribution is -2.23. The van der Waals surface area contributed by atoms with Crippen molar-refractivity contribution in [3.63, 3.8) is 0 Å². The van der Waals surface area contributed by atoms with Gasteiger partial charge < -0.3 is 9.73 Å². The summed E-state index contributed by atoms with van der Waals surface area (Å²) in [7, 11) is -3.85. The van der Waals surface area contributed by atoms with Gasteiger partial charge in [-0.2, -0.15) is 0 Å². The van der Waals surface area contributed by atoms with Gasteiger partial charge in [-0.25, -0.2) is 12.8 Å². The first-order valence-electron chi connectivity index (χ1n) is 8.73. The summed E-state index contributed by atoms with van der Waals surface area (Å²) < 4.78 is 42.8. The van der Waals surface area contributed by atoms with Gasteiger partial charge in [-0.05, 0) is 29.3 Å². The number of halogens is 1. The van der Waals surface area contributed by atoms with Gasteiger partial charge in [0.25, 0.3) is 0 Å². The summed E-state index contributed by atoms with van der Waals surface area (Å²) in [6.45, 7) is 0.206. The van der Waals surface area contributed by atoms with Crippen LogP contribution >= 0.6 is 0 Å². The lowest BCUT2D eigenvalue weighted by Gasteiger charge is -2.00. The molecule has 0 atom stereocenters. The third kappa shape index (κ3) is 6.08. The van der Waals surface area contributed by atoms with Crippen molar-refractivity contribution >= 4 is 21.8 Å². The number of amides is 1. The summed E-state index contributed by atoms with van der Waals surface area (Å²) in [6, 6.07) is 14.5. The predicted molar refractivity (Wildman–Crippen MR) is 104 cm³/mol. The van der Waals surface area contributed by atoms with Gasteiger partial charge in [0.1, 0.15) is 5.82 Å². The number of nitrogens with one attached hydrogen (secondary N) is 1. The lowest BCUT2D eigenvalue weighted by molar-refractivity contribution is -0.116. The van der Waals surface area contributed by atoms with E-state index in [9.17, 15) is 17.6 Å². The molecule has 3 rings (SSSR count). The van der Waals surface area contributed by atoms with E-state index in [0.717, 1.165) is 5.56 Å². The van der Waals surface area contributed by atoms with Gasteiger partial charge in [0.15, 0.2) is 0 Å². The normalized spacial score (nSPS) is 11.6. The largest absolute Gasteiger partial charge is 0.412 e. The van der Waals surface area contributed by atoms with Gasteiger partial charge in [-0.15, -0.1) is 5.10 Å². The van der Waals surface area contributed by atoms with Gasteiger partial charge in [0.2, 0.25) is 21.6 Å². The summed E-state index contributed by atoms with van der Waals surface area (Å²) in [5, 5.41) is 9.42. The highest BCUT2D eigenvalue weighted by Gasteiger charge is 2.23. The molecule has 7 nitrogen and oxygen atoms in total. The first-order valence-corrected chi connectivity index (χ1v) is 10.4. The number of aromatic nitrogens is 2. The average Bonchev–Trinajstić information content (AvgIpc) is 3.19. The van der Waals surface area contributed by atoms with Crippen LogP contribution in [-0.4, -0.2) is 31.1 Å². The highest BCUT2D eigenvalue weighted by molar-refractivity contribution is 7.90. The maximum Gasteiger partial charge on any atom is 0.335 e. The van der Waals surface area contributed by atoms with Crippen molar-refractivity contribution in [1.29, 1.82) is 0 Å². The van der Waals surface area contributed by atoms with E-state index in [-0.39, 0.29) is 30.5 Å². The van der Waals surface area contributed by atoms with Gasteiger partial charge in [0.05, 0.1) is 5.75 Å². The molecule has 150 valence electrons. The number of carbonyl (C=O) groups is 1. The van der Waals surface area contributed by atoms with Crippen LogP contribution in [0.15, 0.2) is 70.3 Å². The van der Waals surface area contributed by atoms with Crippen LogP contribution in [0.4, 0.5) is 4.39 Å². The summed E-state index contributed by atoms with van der Waals surface area (Å²) in [5.74, 6) is -1.03. The van der Waals surface area contributed by atoms with Crippen LogP contribution in [0.25, 0.3) is 6.08 Å². The van der Waals surface area contributed by atoms with Crippen molar-refractivity contribution in [2.45, 2.75) is 17.4 Å². The minimum absolute atomic E-state index is 0.0926. The minimum Gasteiger partial charge on any atom is -0.412 e. The maximum atomic E-state index is 12.9. The Balaban J connectivity index is 1.51. The monoisotopic (exact) mass is 415 g/mol. The lowest BCUT2D eigenvalue weighted by atomic mass is 10.2. The Bertz CT molecular complexity index is 1090. The topological polar surface area (TPSA) is 102 Å². The van der Waals surface area contributed by atoms with Crippen LogP contribution in [0.1, 0.15) is 17.0 Å². The molecule has 0 saturated heterocycles. The molecule has 0 saturated carbocycles. The molecule has 0 aliphatic carbocycles. The Morgan fingerprint density at radius 2 is 1.79 bits per heavy atom. The van der Waals surface area contributed by atoms with Gasteiger partial charge in [0, 0.05) is 19.0 Å². The van der Waals surface area contributed by atoms with Gasteiger partial charge in [-0.3, -0.25) is 4.79 Å². The summed E-state index contributed by atoms with van der Waals surface area (Å²) in [5.41, 5.74) is 1.30. The van der Waals surface area contributed by atoms with Gasteiger partial charge in [-0.1, -0.05) is 47.6 Å². The number of carbonyl (C=O) groups excluding carboxylic acids is 1. The molecule has 1 aromatic heterocycles. The van der Waals surface area contributed by atoms with E-state index in [4.69, 9.17) is 4.42 Å². The molecule has 9 heteroatoms. The van der Waals surface area contributed by atoms with Crippen molar-refractivity contribution in [2.24, 2.45) is 0 Å². The second kappa shape index (κ2) is 9.24. The number of hydrogen-bond donors (Lipinski definition) is 1. The number of rotatable bonds is 8. The van der Waals surface area contributed by atoms with Crippen molar-refractivity contribution in [3.05, 3.63) is 83.5 Å². The van der Waals surface area contributed by atoms with E-state index in [2.05, 4.69) is 15.5 Å². The Labute approximate surface area is 167 Å². The number of sulfone groups is 1. The highest BCUT2D eigenvalue weighted by atomic mass is 32.2. The number of benzene rings is 2. The quantitative estimate of drug-likeness (QED) is 0.568. The molecule has 1 amide bonds. The van der Waals surface area contributed by atoms with Crippen LogP contribution in [0.5, 0.6) is 0 Å². The van der Waals surface area contributed by atoms with Crippen LogP contribution < -0.4 is 5.32 Å². The third-order valence-corrected chi connectivity index (χ3v) is 5.26. The molecule has 0 spiro atoms. The van der Waals surface area contributed by atoms with Crippen molar-refractivity contribution in [3.8, 4) is 0 Å². The SMILES string of the molecule is O=C(/C=C/c1ccccc1)NCCc1nnc(S(=O)(=O)Cc2ccc(F)cc2)o1. The molecule has 0 unspecified atom stereocenters. The van der Waals surface area contributed by atoms with Crippen LogP contribution in [-0.2, 0) is 26.8 Å². The number of hydrogen-bond acceptors (Lipinski definition) is 6. The maximum absolute atomic E-state index is 12.9. The highest BCUT2D eigenvalue weighted by Crippen LogP contribution is 2.16. The Morgan fingerprint density at radius 3 is 2.52 bits per heavy atom. The van der Waals surface area contributed by atoms with E-state index < -0.39 is 20.9 Å². The van der Waals surface area contributed by atoms with E-state index >= 15 is 0 Å². The van der Waals surface area contributed by atoms with E-state index in [1.807, 2.05) is 30.3 Å². The molecule has 1 heterocycles. The fourth-order valence-electron chi connectivity index (χ4n) is 2.41. The summed E-state index contributed by atoms with van der Waals surface area (Å²) in [6.07, 6.45) is 3.27. The van der Waals surface area contributed by atoms with Crippen molar-refractivity contribution in [1.82, 2.24) is 15.5 Å². The van der Waals surface area contributed by atoms with Crippen LogP contribution in [0.2, 0.25) is 0 Å². The molecule has 0 fully saturated rings. The Kier molecular flexibility index (Phi) is 6.50. The zero-order chi connectivity index (χ0) is 20.7. The molecule has 3 aromatic rings. The standard InChI is InChI=1S/C20H18FN3O4S/c21-17-9-6-16(7-10-17)14-29(26,27)20-24-23-19(28-20)12-13-22-18(25)11-8-15-4-2-1-3-5-15/h1-11H,12-14H2,(H,22,25)/b11-8+. The van der Waals surface area contributed by atoms with Crippen molar-refractivity contribution < 1.29 is 22.0 Å². The van der Waals surface area contributed by atoms with E-state index in [0.29, 0.717) is 5.56 Å². The predicted octanol–water partition coefficient (Wildman–Crippen LogP) is 2.55. The zero-order valence-corrected chi connectivity index (χ0v) is 16.1. The second-order valence-corrected chi connectivity index (χ2v) is 8.00. The van der Waals surface area contributed by atoms with Crippen LogP contribution in [0, 0.1) is 5.82 Å². The molecule has 1 N–H and O–H groups in total. The summed E-state index contributed by atoms with van der Waals surface area (Å²) in [4.78, 5) is 11.8. The zero-order valence-electron chi connectivity index (χ0n) is 15.3. The molecular weight excluding hydrogens is 397 g/mol. The smallest absolute Gasteiger partial charge is 0.335 e. The molecule has 0 aliphatic heterocycles. The number of nitrogens with zero attached hydrogens (tertiary/aromatic N) is 2. The molecule has 2 aromatic carbocycles. The minimum atomic E-state index is -3.85. The molecule has 29 heavy (non-hydrogen) atoms. The Hall–Kier alpha value is -3.33. The fourth-order valence-corrected chi connectivity index (χ4v) is 3.56. The first-order chi connectivity index (χ1) is 13.9. The van der Waals surface area contributed by atoms with Crippen molar-refractivity contribution in [2.75, 3.05) is 6.54 Å². The molecule has 0 bridgehead atoms. The average molecular weight is 415 g/mol. The second-order valence-electron chi connectivity index (χ2n) is 6.13. The molecular formula is C20H18FN3O4S. The summed E-state index contributed by atoms with van der Waals surface area (Å²) >= 11 is 0. The van der Waals surface area contributed by atoms with E-state index in [1.165, 1.54) is 30.3 Å². The van der Waals surface area contributed by atoms with Gasteiger partial charge >= 0.3 is 5.22 Å². The van der Waals surface area contributed by atoms with Crippen LogP contribution in [0.3, 0.4) is 0 Å².